The minimum atomic E-state index is -0.662. The highest BCUT2D eigenvalue weighted by atomic mass is 32.1. The Labute approximate surface area is 144 Å². The fourth-order valence-electron chi connectivity index (χ4n) is 4.02. The van der Waals surface area contributed by atoms with Crippen LogP contribution in [0.2, 0.25) is 0 Å². The van der Waals surface area contributed by atoms with Crippen LogP contribution in [-0.2, 0) is 4.79 Å². The number of amides is 2. The lowest BCUT2D eigenvalue weighted by Crippen LogP contribution is -2.60. The van der Waals surface area contributed by atoms with Gasteiger partial charge in [0.2, 0.25) is 5.91 Å². The average Bonchev–Trinajstić information content (AvgIpc) is 3.13. The minimum absolute atomic E-state index is 0.000523. The molecule has 1 spiro atoms. The van der Waals surface area contributed by atoms with Gasteiger partial charge in [0, 0.05) is 18.7 Å². The van der Waals surface area contributed by atoms with E-state index in [1.54, 1.807) is 4.90 Å². The standard InChI is InChI=1S/C17H20N4O2S/c1-10-8-11(9-12-13(10)20-16(18)24-12)14(22)21-7-3-5-17(21)4-2-6-19-15(17)23/h8-9H,2-7H2,1H3,(H2,18,20)(H,19,23). The van der Waals surface area contributed by atoms with E-state index in [9.17, 15) is 9.59 Å². The van der Waals surface area contributed by atoms with E-state index in [-0.39, 0.29) is 11.8 Å². The molecule has 2 aliphatic heterocycles. The summed E-state index contributed by atoms with van der Waals surface area (Å²) in [5, 5.41) is 3.44. The number of hydrogen-bond acceptors (Lipinski definition) is 5. The molecular weight excluding hydrogens is 324 g/mol. The van der Waals surface area contributed by atoms with E-state index in [2.05, 4.69) is 10.3 Å². The van der Waals surface area contributed by atoms with Crippen LogP contribution in [0.3, 0.4) is 0 Å². The number of fused-ring (bicyclic) bond motifs is 1. The van der Waals surface area contributed by atoms with Crippen LogP contribution in [0.25, 0.3) is 10.2 Å². The molecule has 3 N–H and O–H groups in total. The van der Waals surface area contributed by atoms with Crippen LogP contribution >= 0.6 is 11.3 Å². The van der Waals surface area contributed by atoms with Crippen LogP contribution in [0.4, 0.5) is 5.13 Å². The van der Waals surface area contributed by atoms with E-state index in [4.69, 9.17) is 5.73 Å². The third-order valence-corrected chi connectivity index (χ3v) is 5.99. The van der Waals surface area contributed by atoms with Gasteiger partial charge >= 0.3 is 0 Å². The third kappa shape index (κ3) is 2.18. The molecule has 24 heavy (non-hydrogen) atoms. The average molecular weight is 344 g/mol. The number of thiazole rings is 1. The maximum Gasteiger partial charge on any atom is 0.254 e. The first-order chi connectivity index (χ1) is 11.5. The van der Waals surface area contributed by atoms with Gasteiger partial charge in [-0.05, 0) is 50.3 Å². The van der Waals surface area contributed by atoms with E-state index >= 15 is 0 Å². The SMILES string of the molecule is Cc1cc(C(=O)N2CCCC23CCCNC3=O)cc2sc(N)nc12. The van der Waals surface area contributed by atoms with Crippen molar-refractivity contribution in [3.63, 3.8) is 0 Å². The Morgan fingerprint density at radius 2 is 2.17 bits per heavy atom. The predicted octanol–water partition coefficient (Wildman–Crippen LogP) is 2.07. The second kappa shape index (κ2) is 5.44. The molecule has 0 aliphatic carbocycles. The number of nitrogens with one attached hydrogen (secondary N) is 1. The number of anilines is 1. The van der Waals surface area contributed by atoms with E-state index in [0.29, 0.717) is 23.8 Å². The zero-order chi connectivity index (χ0) is 16.9. The zero-order valence-corrected chi connectivity index (χ0v) is 14.4. The molecule has 6 nitrogen and oxygen atoms in total. The van der Waals surface area contributed by atoms with E-state index in [0.717, 1.165) is 41.5 Å². The molecular formula is C17H20N4O2S. The first-order valence-corrected chi connectivity index (χ1v) is 9.10. The van der Waals surface area contributed by atoms with Crippen LogP contribution in [-0.4, -0.2) is 40.3 Å². The quantitative estimate of drug-likeness (QED) is 0.829. The highest BCUT2D eigenvalue weighted by molar-refractivity contribution is 7.22. The Balaban J connectivity index is 1.74. The maximum atomic E-state index is 13.2. The number of rotatable bonds is 1. The second-order valence-corrected chi connectivity index (χ2v) is 7.71. The number of nitrogen functional groups attached to an aromatic ring is 1. The molecule has 1 aromatic carbocycles. The summed E-state index contributed by atoms with van der Waals surface area (Å²) in [4.78, 5) is 31.8. The molecule has 2 aromatic rings. The first-order valence-electron chi connectivity index (χ1n) is 8.28. The number of carbonyl (C=O) groups excluding carboxylic acids is 2. The summed E-state index contributed by atoms with van der Waals surface area (Å²) in [5.41, 5.74) is 7.53. The van der Waals surface area contributed by atoms with Gasteiger partial charge in [-0.3, -0.25) is 9.59 Å². The van der Waals surface area contributed by atoms with Gasteiger partial charge in [-0.15, -0.1) is 0 Å². The molecule has 2 aliphatic rings. The van der Waals surface area contributed by atoms with Crippen molar-refractivity contribution in [2.75, 3.05) is 18.8 Å². The molecule has 7 heteroatoms. The lowest BCUT2D eigenvalue weighted by Gasteiger charge is -2.40. The molecule has 3 heterocycles. The van der Waals surface area contributed by atoms with Crippen LogP contribution in [0.15, 0.2) is 12.1 Å². The van der Waals surface area contributed by atoms with E-state index in [1.807, 2.05) is 19.1 Å². The topological polar surface area (TPSA) is 88.3 Å². The smallest absolute Gasteiger partial charge is 0.254 e. The summed E-state index contributed by atoms with van der Waals surface area (Å²) in [6.07, 6.45) is 3.28. The van der Waals surface area contributed by atoms with Crippen molar-refractivity contribution >= 4 is 38.5 Å². The predicted molar refractivity (Wildman–Crippen MR) is 94.0 cm³/mol. The highest BCUT2D eigenvalue weighted by Gasteiger charge is 2.50. The monoisotopic (exact) mass is 344 g/mol. The summed E-state index contributed by atoms with van der Waals surface area (Å²) >= 11 is 1.38. The van der Waals surface area contributed by atoms with Crippen molar-refractivity contribution < 1.29 is 9.59 Å². The molecule has 0 bridgehead atoms. The number of benzene rings is 1. The number of likely N-dealkylation sites (tertiary alicyclic amines) is 1. The molecule has 1 aromatic heterocycles. The van der Waals surface area contributed by atoms with Gasteiger partial charge < -0.3 is 16.0 Å². The van der Waals surface area contributed by atoms with Gasteiger partial charge in [-0.25, -0.2) is 4.98 Å². The van der Waals surface area contributed by atoms with Crippen molar-refractivity contribution in [1.29, 1.82) is 0 Å². The molecule has 4 rings (SSSR count). The number of aromatic nitrogens is 1. The minimum Gasteiger partial charge on any atom is -0.375 e. The lowest BCUT2D eigenvalue weighted by molar-refractivity contribution is -0.133. The normalized spacial score (nSPS) is 23.9. The summed E-state index contributed by atoms with van der Waals surface area (Å²) in [6.45, 7) is 3.27. The number of hydrogen-bond donors (Lipinski definition) is 2. The van der Waals surface area contributed by atoms with Crippen LogP contribution < -0.4 is 11.1 Å². The molecule has 2 saturated heterocycles. The Bertz CT molecular complexity index is 846. The van der Waals surface area contributed by atoms with Gasteiger partial charge in [0.05, 0.1) is 10.2 Å². The van der Waals surface area contributed by atoms with E-state index < -0.39 is 5.54 Å². The van der Waals surface area contributed by atoms with Gasteiger partial charge in [0.1, 0.15) is 5.54 Å². The highest BCUT2D eigenvalue weighted by Crippen LogP contribution is 2.37. The fourth-order valence-corrected chi connectivity index (χ4v) is 4.88. The van der Waals surface area contributed by atoms with Crippen molar-refractivity contribution in [1.82, 2.24) is 15.2 Å². The summed E-state index contributed by atoms with van der Waals surface area (Å²) < 4.78 is 0.914. The summed E-state index contributed by atoms with van der Waals surface area (Å²) in [5.74, 6) is -0.0686. The van der Waals surface area contributed by atoms with Gasteiger partial charge in [0.15, 0.2) is 5.13 Å². The molecule has 1 atom stereocenters. The van der Waals surface area contributed by atoms with Crippen LogP contribution in [0, 0.1) is 6.92 Å². The second-order valence-electron chi connectivity index (χ2n) is 6.64. The zero-order valence-electron chi connectivity index (χ0n) is 13.6. The van der Waals surface area contributed by atoms with Crippen molar-refractivity contribution in [2.24, 2.45) is 0 Å². The number of nitrogens with two attached hydrogens (primary N) is 1. The van der Waals surface area contributed by atoms with E-state index in [1.165, 1.54) is 11.3 Å². The Hall–Kier alpha value is -2.15. The number of nitrogens with zero attached hydrogens (tertiary/aromatic N) is 2. The Morgan fingerprint density at radius 1 is 1.38 bits per heavy atom. The summed E-state index contributed by atoms with van der Waals surface area (Å²) in [7, 11) is 0. The van der Waals surface area contributed by atoms with Gasteiger partial charge in [0.25, 0.3) is 5.91 Å². The molecule has 126 valence electrons. The maximum absolute atomic E-state index is 13.2. The fraction of sp³-hybridized carbons (Fsp3) is 0.471. The molecule has 2 amide bonds. The molecule has 2 fully saturated rings. The first kappa shape index (κ1) is 15.4. The summed E-state index contributed by atoms with van der Waals surface area (Å²) in [6, 6.07) is 3.71. The Kier molecular flexibility index (Phi) is 3.49. The van der Waals surface area contributed by atoms with Gasteiger partial charge in [-0.2, -0.15) is 0 Å². The van der Waals surface area contributed by atoms with Crippen LogP contribution in [0.1, 0.15) is 41.6 Å². The third-order valence-electron chi connectivity index (χ3n) is 5.16. The molecule has 0 saturated carbocycles. The number of aryl methyl sites for hydroxylation is 1. The Morgan fingerprint density at radius 3 is 2.96 bits per heavy atom. The van der Waals surface area contributed by atoms with Gasteiger partial charge in [-0.1, -0.05) is 11.3 Å². The van der Waals surface area contributed by atoms with Crippen LogP contribution in [0.5, 0.6) is 0 Å². The van der Waals surface area contributed by atoms with Crippen molar-refractivity contribution in [2.45, 2.75) is 38.1 Å². The molecule has 0 radical (unpaired) electrons. The number of carbonyl (C=O) groups is 2. The molecule has 1 unspecified atom stereocenters. The lowest BCUT2D eigenvalue weighted by atomic mass is 9.86. The number of piperidine rings is 1. The van der Waals surface area contributed by atoms with Crippen molar-refractivity contribution in [3.05, 3.63) is 23.3 Å². The largest absolute Gasteiger partial charge is 0.375 e. The van der Waals surface area contributed by atoms with Crippen molar-refractivity contribution in [3.8, 4) is 0 Å².